The molecule has 29 heavy (non-hydrogen) atoms. The van der Waals surface area contributed by atoms with Gasteiger partial charge in [-0.3, -0.25) is 14.9 Å². The van der Waals surface area contributed by atoms with Crippen LogP contribution in [0.4, 0.5) is 10.5 Å². The third-order valence-corrected chi connectivity index (χ3v) is 5.61. The largest absolute Gasteiger partial charge is 0.493 e. The number of rotatable bonds is 8. The smallest absolute Gasteiger partial charge is 0.290 e. The number of benzene rings is 1. The number of methoxy groups -OCH3 is 2. The Kier molecular flexibility index (Phi) is 8.63. The average Bonchev–Trinajstić information content (AvgIpc) is 3.27. The normalized spacial score (nSPS) is 20.0. The van der Waals surface area contributed by atoms with Crippen molar-refractivity contribution in [3.63, 3.8) is 0 Å². The van der Waals surface area contributed by atoms with Crippen LogP contribution in [0.5, 0.6) is 11.5 Å². The second kappa shape index (κ2) is 10.7. The Labute approximate surface area is 181 Å². The molecular weight excluding hydrogens is 416 g/mol. The van der Waals surface area contributed by atoms with E-state index in [-0.39, 0.29) is 23.6 Å². The van der Waals surface area contributed by atoms with Gasteiger partial charge in [-0.25, -0.2) is 0 Å². The van der Waals surface area contributed by atoms with E-state index in [1.54, 1.807) is 20.3 Å². The lowest BCUT2D eigenvalue weighted by Gasteiger charge is -2.23. The molecule has 0 bridgehead atoms. The molecular formula is C19H27ClN4O4S. The van der Waals surface area contributed by atoms with Crippen LogP contribution in [0.3, 0.4) is 0 Å². The minimum atomic E-state index is -0.376. The van der Waals surface area contributed by atoms with Gasteiger partial charge in [-0.2, -0.15) is 0 Å². The maximum absolute atomic E-state index is 12.0. The summed E-state index contributed by atoms with van der Waals surface area (Å²) >= 11 is 0.904. The molecule has 1 atom stereocenters. The molecule has 0 saturated carbocycles. The molecule has 0 unspecified atom stereocenters. The number of nitrogens with one attached hydrogen (secondary N) is 2. The number of ether oxygens (including phenoxy) is 2. The quantitative estimate of drug-likeness (QED) is 0.414. The molecule has 1 aromatic rings. The van der Waals surface area contributed by atoms with Crippen LogP contribution in [-0.2, 0) is 4.79 Å². The lowest BCUT2D eigenvalue weighted by Crippen LogP contribution is -2.34. The highest BCUT2D eigenvalue weighted by Gasteiger charge is 2.28. The molecule has 2 aliphatic heterocycles. The van der Waals surface area contributed by atoms with E-state index >= 15 is 0 Å². The molecule has 0 spiro atoms. The van der Waals surface area contributed by atoms with Crippen molar-refractivity contribution in [3.05, 3.63) is 22.6 Å². The van der Waals surface area contributed by atoms with Crippen molar-refractivity contribution >= 4 is 47.1 Å². The fourth-order valence-corrected chi connectivity index (χ4v) is 4.06. The van der Waals surface area contributed by atoms with E-state index in [0.717, 1.165) is 55.5 Å². The number of anilines is 1. The minimum absolute atomic E-state index is 0. The SMILES string of the molecule is COc1cc(C=C2SC(=O)NC2=O)c(N2CC[C@H](NCCCN)C2)cc1OC.Cl. The van der Waals surface area contributed by atoms with Gasteiger partial charge < -0.3 is 25.4 Å². The Morgan fingerprint density at radius 1 is 1.31 bits per heavy atom. The molecule has 2 fully saturated rings. The van der Waals surface area contributed by atoms with Crippen LogP contribution in [0.1, 0.15) is 18.4 Å². The third-order valence-electron chi connectivity index (χ3n) is 4.80. The Morgan fingerprint density at radius 3 is 2.66 bits per heavy atom. The Hall–Kier alpha value is -1.94. The highest BCUT2D eigenvalue weighted by Crippen LogP contribution is 2.39. The van der Waals surface area contributed by atoms with Crippen molar-refractivity contribution in [2.45, 2.75) is 18.9 Å². The van der Waals surface area contributed by atoms with Gasteiger partial charge in [-0.1, -0.05) is 0 Å². The predicted molar refractivity (Wildman–Crippen MR) is 118 cm³/mol. The second-order valence-electron chi connectivity index (χ2n) is 6.65. The van der Waals surface area contributed by atoms with E-state index in [9.17, 15) is 9.59 Å². The van der Waals surface area contributed by atoms with Gasteiger partial charge in [0.2, 0.25) is 0 Å². The lowest BCUT2D eigenvalue weighted by atomic mass is 10.1. The summed E-state index contributed by atoms with van der Waals surface area (Å²) in [5.41, 5.74) is 7.33. The number of nitrogens with zero attached hydrogens (tertiary/aromatic N) is 1. The molecule has 1 aromatic carbocycles. The van der Waals surface area contributed by atoms with Gasteiger partial charge >= 0.3 is 0 Å². The Morgan fingerprint density at radius 2 is 2.03 bits per heavy atom. The molecule has 0 aliphatic carbocycles. The van der Waals surface area contributed by atoms with Crippen LogP contribution in [0.15, 0.2) is 17.0 Å². The number of nitrogens with two attached hydrogens (primary N) is 1. The maximum atomic E-state index is 12.0. The topological polar surface area (TPSA) is 106 Å². The second-order valence-corrected chi connectivity index (χ2v) is 7.66. The fourth-order valence-electron chi connectivity index (χ4n) is 3.39. The molecule has 0 radical (unpaired) electrons. The first-order valence-electron chi connectivity index (χ1n) is 9.25. The van der Waals surface area contributed by atoms with E-state index in [2.05, 4.69) is 15.5 Å². The number of hydrogen-bond acceptors (Lipinski definition) is 8. The summed E-state index contributed by atoms with van der Waals surface area (Å²) in [5, 5.41) is 5.47. The lowest BCUT2D eigenvalue weighted by molar-refractivity contribution is -0.115. The summed E-state index contributed by atoms with van der Waals surface area (Å²) in [6.07, 6.45) is 3.70. The summed E-state index contributed by atoms with van der Waals surface area (Å²) in [7, 11) is 3.17. The monoisotopic (exact) mass is 442 g/mol. The van der Waals surface area contributed by atoms with Gasteiger partial charge in [0.1, 0.15) is 0 Å². The number of imide groups is 1. The zero-order valence-electron chi connectivity index (χ0n) is 16.5. The van der Waals surface area contributed by atoms with Crippen molar-refractivity contribution in [1.29, 1.82) is 0 Å². The predicted octanol–water partition coefficient (Wildman–Crippen LogP) is 1.97. The molecule has 4 N–H and O–H groups in total. The van der Waals surface area contributed by atoms with Crippen molar-refractivity contribution in [1.82, 2.24) is 10.6 Å². The molecule has 10 heteroatoms. The summed E-state index contributed by atoms with van der Waals surface area (Å²) in [4.78, 5) is 26.1. The Bertz CT molecular complexity index is 790. The van der Waals surface area contributed by atoms with Crippen LogP contribution in [0, 0.1) is 0 Å². The fraction of sp³-hybridized carbons (Fsp3) is 0.474. The molecule has 2 saturated heterocycles. The number of thioether (sulfide) groups is 1. The summed E-state index contributed by atoms with van der Waals surface area (Å²) in [5.74, 6) is 0.821. The van der Waals surface area contributed by atoms with Gasteiger partial charge in [0.15, 0.2) is 11.5 Å². The maximum Gasteiger partial charge on any atom is 0.290 e. The van der Waals surface area contributed by atoms with E-state index < -0.39 is 0 Å². The summed E-state index contributed by atoms with van der Waals surface area (Å²) in [6, 6.07) is 4.14. The number of carbonyl (C=O) groups is 2. The molecule has 2 heterocycles. The van der Waals surface area contributed by atoms with Crippen LogP contribution in [0.25, 0.3) is 6.08 Å². The van der Waals surface area contributed by atoms with Gasteiger partial charge in [0.25, 0.3) is 11.1 Å². The zero-order valence-corrected chi connectivity index (χ0v) is 18.2. The number of hydrogen-bond donors (Lipinski definition) is 3. The van der Waals surface area contributed by atoms with Crippen LogP contribution < -0.4 is 30.7 Å². The van der Waals surface area contributed by atoms with E-state index in [0.29, 0.717) is 29.0 Å². The van der Waals surface area contributed by atoms with Gasteiger partial charge in [0, 0.05) is 36.4 Å². The van der Waals surface area contributed by atoms with E-state index in [4.69, 9.17) is 15.2 Å². The van der Waals surface area contributed by atoms with Crippen molar-refractivity contribution in [2.24, 2.45) is 5.73 Å². The standard InChI is InChI=1S/C19H26N4O4S.ClH/c1-26-15-8-12(9-17-18(24)22-19(25)28-17)14(10-16(15)27-2)23-7-4-13(11-23)21-6-3-5-20;/h8-10,13,21H,3-7,11,20H2,1-2H3,(H,22,24,25);1H/t13-;/m0./s1. The highest BCUT2D eigenvalue weighted by molar-refractivity contribution is 8.18. The van der Waals surface area contributed by atoms with Crippen molar-refractivity contribution < 1.29 is 19.1 Å². The summed E-state index contributed by atoms with van der Waals surface area (Å²) < 4.78 is 10.9. The zero-order chi connectivity index (χ0) is 20.1. The van der Waals surface area contributed by atoms with Gasteiger partial charge in [-0.05, 0) is 49.8 Å². The number of carbonyl (C=O) groups excluding carboxylic acids is 2. The van der Waals surface area contributed by atoms with Crippen LogP contribution in [0.2, 0.25) is 0 Å². The molecule has 2 aliphatic rings. The van der Waals surface area contributed by atoms with Crippen LogP contribution >= 0.6 is 24.2 Å². The molecule has 160 valence electrons. The molecule has 2 amide bonds. The van der Waals surface area contributed by atoms with Gasteiger partial charge in [-0.15, -0.1) is 12.4 Å². The van der Waals surface area contributed by atoms with Gasteiger partial charge in [0.05, 0.1) is 19.1 Å². The van der Waals surface area contributed by atoms with Crippen molar-refractivity contribution in [2.75, 3.05) is 45.3 Å². The number of halogens is 1. The number of amides is 2. The molecule has 8 nitrogen and oxygen atoms in total. The van der Waals surface area contributed by atoms with E-state index in [1.807, 2.05) is 12.1 Å². The van der Waals surface area contributed by atoms with Crippen LogP contribution in [-0.4, -0.2) is 57.6 Å². The van der Waals surface area contributed by atoms with Crippen molar-refractivity contribution in [3.8, 4) is 11.5 Å². The Balaban J connectivity index is 0.00000300. The first-order valence-corrected chi connectivity index (χ1v) is 10.1. The molecule has 0 aromatic heterocycles. The first-order chi connectivity index (χ1) is 13.5. The summed E-state index contributed by atoms with van der Waals surface area (Å²) in [6.45, 7) is 3.30. The average molecular weight is 443 g/mol. The van der Waals surface area contributed by atoms with E-state index in [1.165, 1.54) is 0 Å². The molecule has 3 rings (SSSR count). The first kappa shape index (κ1) is 23.3. The minimum Gasteiger partial charge on any atom is -0.493 e. The third kappa shape index (κ3) is 5.57. The highest BCUT2D eigenvalue weighted by atomic mass is 35.5.